The van der Waals surface area contributed by atoms with Crippen LogP contribution in [0.15, 0.2) is 42.1 Å². The molecule has 1 N–H and O–H groups in total. The fraction of sp³-hybridized carbons (Fsp3) is 0.421. The van der Waals surface area contributed by atoms with Gasteiger partial charge in [0.2, 0.25) is 0 Å². The molecule has 6 nitrogen and oxygen atoms in total. The van der Waals surface area contributed by atoms with E-state index in [2.05, 4.69) is 35.9 Å². The lowest BCUT2D eigenvalue weighted by Crippen LogP contribution is -2.28. The lowest BCUT2D eigenvalue weighted by molar-refractivity contribution is 0.0948. The topological polar surface area (TPSA) is 69.0 Å². The second-order valence-corrected chi connectivity index (χ2v) is 7.22. The van der Waals surface area contributed by atoms with Crippen molar-refractivity contribution in [2.24, 2.45) is 5.92 Å². The molecule has 0 radical (unpaired) electrons. The number of methoxy groups -OCH3 is 1. The predicted molar refractivity (Wildman–Crippen MR) is 104 cm³/mol. The van der Waals surface area contributed by atoms with Crippen molar-refractivity contribution in [1.82, 2.24) is 20.1 Å². The van der Waals surface area contributed by atoms with Gasteiger partial charge in [-0.15, -0.1) is 16.8 Å². The van der Waals surface area contributed by atoms with Gasteiger partial charge in [-0.3, -0.25) is 4.79 Å². The van der Waals surface area contributed by atoms with Crippen LogP contribution in [-0.2, 0) is 23.6 Å². The smallest absolute Gasteiger partial charge is 0.251 e. The molecule has 0 aliphatic carbocycles. The maximum atomic E-state index is 12.5. The van der Waals surface area contributed by atoms with Crippen LogP contribution in [0, 0.1) is 5.92 Å². The maximum Gasteiger partial charge on any atom is 0.251 e. The third-order valence-electron chi connectivity index (χ3n) is 3.67. The van der Waals surface area contributed by atoms with E-state index >= 15 is 0 Å². The summed E-state index contributed by atoms with van der Waals surface area (Å²) in [6.07, 6.45) is 1.81. The first-order chi connectivity index (χ1) is 12.6. The van der Waals surface area contributed by atoms with Crippen molar-refractivity contribution in [3.8, 4) is 0 Å². The molecule has 0 unspecified atom stereocenters. The van der Waals surface area contributed by atoms with Crippen molar-refractivity contribution in [3.63, 3.8) is 0 Å². The molecule has 1 aromatic carbocycles. The molecule has 0 saturated carbocycles. The Balaban J connectivity index is 2.13. The molecule has 2 rings (SSSR count). The average Bonchev–Trinajstić information content (AvgIpc) is 3.00. The summed E-state index contributed by atoms with van der Waals surface area (Å²) in [6, 6.07) is 7.66. The van der Waals surface area contributed by atoms with Crippen molar-refractivity contribution >= 4 is 17.7 Å². The number of hydrogen-bond acceptors (Lipinski definition) is 5. The summed E-state index contributed by atoms with van der Waals surface area (Å²) in [5.41, 5.74) is 1.67. The van der Waals surface area contributed by atoms with Gasteiger partial charge in [-0.1, -0.05) is 49.9 Å². The van der Waals surface area contributed by atoms with E-state index in [4.69, 9.17) is 4.74 Å². The molecule has 26 heavy (non-hydrogen) atoms. The van der Waals surface area contributed by atoms with E-state index in [0.29, 0.717) is 36.9 Å². The van der Waals surface area contributed by atoms with Gasteiger partial charge in [-0.05, 0) is 17.5 Å². The summed E-state index contributed by atoms with van der Waals surface area (Å²) >= 11 is 1.55. The Morgan fingerprint density at radius 1 is 1.38 bits per heavy atom. The highest BCUT2D eigenvalue weighted by atomic mass is 32.2. The van der Waals surface area contributed by atoms with Crippen molar-refractivity contribution in [2.75, 3.05) is 13.7 Å². The number of nitrogens with zero attached hydrogens (tertiary/aromatic N) is 3. The highest BCUT2D eigenvalue weighted by molar-refractivity contribution is 7.98. The normalized spacial score (nSPS) is 10.9. The Kier molecular flexibility index (Phi) is 7.87. The number of carbonyl (C=O) groups excluding carboxylic acids is 1. The van der Waals surface area contributed by atoms with Gasteiger partial charge in [0, 0.05) is 31.5 Å². The third-order valence-corrected chi connectivity index (χ3v) is 4.68. The number of allylic oxidation sites excluding steroid dienone is 1. The minimum Gasteiger partial charge on any atom is -0.377 e. The Morgan fingerprint density at radius 3 is 2.85 bits per heavy atom. The van der Waals surface area contributed by atoms with Crippen LogP contribution in [0.5, 0.6) is 0 Å². The minimum atomic E-state index is -0.0393. The molecular formula is C19H26N4O2S. The van der Waals surface area contributed by atoms with Gasteiger partial charge in [-0.25, -0.2) is 0 Å². The molecule has 2 aromatic rings. The van der Waals surface area contributed by atoms with Crippen molar-refractivity contribution in [1.29, 1.82) is 0 Å². The Morgan fingerprint density at radius 2 is 2.15 bits per heavy atom. The van der Waals surface area contributed by atoms with Crippen LogP contribution in [-0.4, -0.2) is 34.3 Å². The van der Waals surface area contributed by atoms with Gasteiger partial charge in [0.05, 0.1) is 0 Å². The van der Waals surface area contributed by atoms with E-state index in [-0.39, 0.29) is 5.91 Å². The summed E-state index contributed by atoms with van der Waals surface area (Å²) in [5, 5.41) is 12.2. The van der Waals surface area contributed by atoms with E-state index in [0.717, 1.165) is 16.5 Å². The second-order valence-electron chi connectivity index (χ2n) is 6.28. The molecule has 7 heteroatoms. The van der Waals surface area contributed by atoms with Crippen LogP contribution >= 0.6 is 11.8 Å². The molecule has 1 amide bonds. The van der Waals surface area contributed by atoms with Gasteiger partial charge < -0.3 is 14.6 Å². The zero-order chi connectivity index (χ0) is 18.9. The standard InChI is InChI=1S/C19H26N4O2S/c1-5-10-23-17(12-25-4)21-22-19(23)26-13-15-8-6-7-9-16(15)18(24)20-11-14(2)3/h5-9,14H,1,10-13H2,2-4H3,(H,20,24). The number of thioether (sulfide) groups is 1. The zero-order valence-electron chi connectivity index (χ0n) is 15.6. The van der Waals surface area contributed by atoms with E-state index in [9.17, 15) is 4.79 Å². The van der Waals surface area contributed by atoms with Gasteiger partial charge in [0.15, 0.2) is 11.0 Å². The Bertz CT molecular complexity index is 743. The van der Waals surface area contributed by atoms with Crippen LogP contribution in [0.4, 0.5) is 0 Å². The van der Waals surface area contributed by atoms with Crippen LogP contribution in [0.3, 0.4) is 0 Å². The summed E-state index contributed by atoms with van der Waals surface area (Å²) in [5.74, 6) is 1.77. The molecule has 0 atom stereocenters. The number of benzene rings is 1. The second kappa shape index (κ2) is 10.1. The van der Waals surface area contributed by atoms with E-state index in [1.807, 2.05) is 28.8 Å². The lowest BCUT2D eigenvalue weighted by Gasteiger charge is -2.12. The Labute approximate surface area is 159 Å². The monoisotopic (exact) mass is 374 g/mol. The number of amides is 1. The minimum absolute atomic E-state index is 0.0393. The molecule has 0 spiro atoms. The van der Waals surface area contributed by atoms with E-state index in [1.165, 1.54) is 0 Å². The molecule has 0 aliphatic rings. The number of aromatic nitrogens is 3. The average molecular weight is 375 g/mol. The summed E-state index contributed by atoms with van der Waals surface area (Å²) in [7, 11) is 1.63. The zero-order valence-corrected chi connectivity index (χ0v) is 16.4. The van der Waals surface area contributed by atoms with Crippen LogP contribution < -0.4 is 5.32 Å². The van der Waals surface area contributed by atoms with E-state index in [1.54, 1.807) is 24.9 Å². The molecule has 0 aliphatic heterocycles. The molecule has 0 fully saturated rings. The first kappa shape index (κ1) is 20.2. The molecule has 1 aromatic heterocycles. The highest BCUT2D eigenvalue weighted by Crippen LogP contribution is 2.24. The summed E-state index contributed by atoms with van der Waals surface area (Å²) < 4.78 is 7.14. The molecule has 140 valence electrons. The Hall–Kier alpha value is -2.12. The number of nitrogens with one attached hydrogen (secondary N) is 1. The summed E-state index contributed by atoms with van der Waals surface area (Å²) in [6.45, 7) is 9.61. The van der Waals surface area contributed by atoms with Gasteiger partial charge in [0.25, 0.3) is 5.91 Å². The molecule has 0 saturated heterocycles. The quantitative estimate of drug-likeness (QED) is 0.510. The molecule has 0 bridgehead atoms. The first-order valence-electron chi connectivity index (χ1n) is 8.57. The van der Waals surface area contributed by atoms with Crippen LogP contribution in [0.1, 0.15) is 35.6 Å². The third kappa shape index (κ3) is 5.44. The number of ether oxygens (including phenoxy) is 1. The molecule has 1 heterocycles. The van der Waals surface area contributed by atoms with Crippen molar-refractivity contribution in [2.45, 2.75) is 37.9 Å². The van der Waals surface area contributed by atoms with Crippen LogP contribution in [0.2, 0.25) is 0 Å². The molecular weight excluding hydrogens is 348 g/mol. The number of rotatable bonds is 10. The maximum absolute atomic E-state index is 12.5. The predicted octanol–water partition coefficient (Wildman–Crippen LogP) is 3.29. The largest absolute Gasteiger partial charge is 0.377 e. The number of carbonyl (C=O) groups is 1. The fourth-order valence-electron chi connectivity index (χ4n) is 2.38. The fourth-order valence-corrected chi connectivity index (χ4v) is 3.35. The summed E-state index contributed by atoms with van der Waals surface area (Å²) in [4.78, 5) is 12.5. The van der Waals surface area contributed by atoms with Gasteiger partial charge in [0.1, 0.15) is 6.61 Å². The van der Waals surface area contributed by atoms with Gasteiger partial charge in [-0.2, -0.15) is 0 Å². The number of hydrogen-bond donors (Lipinski definition) is 1. The van der Waals surface area contributed by atoms with Gasteiger partial charge >= 0.3 is 0 Å². The van der Waals surface area contributed by atoms with E-state index < -0.39 is 0 Å². The van der Waals surface area contributed by atoms with Crippen molar-refractivity contribution < 1.29 is 9.53 Å². The lowest BCUT2D eigenvalue weighted by atomic mass is 10.1. The van der Waals surface area contributed by atoms with Crippen molar-refractivity contribution in [3.05, 3.63) is 53.9 Å². The highest BCUT2D eigenvalue weighted by Gasteiger charge is 2.15. The van der Waals surface area contributed by atoms with Crippen LogP contribution in [0.25, 0.3) is 0 Å². The SMILES string of the molecule is C=CCn1c(COC)nnc1SCc1ccccc1C(=O)NCC(C)C. The first-order valence-corrected chi connectivity index (χ1v) is 9.56.